The van der Waals surface area contributed by atoms with Crippen LogP contribution in [-0.2, 0) is 12.8 Å². The molecule has 0 aromatic carbocycles. The standard InChI is InChI=1S/C15H13N5S2/c1-19-14(12-5-4-8-21-12)17-18-15(19)22-10-11-9-20-7-3-2-6-13(20)16-11/h2-9H,10H2,1H3. The first-order valence-corrected chi connectivity index (χ1v) is 8.66. The Bertz CT molecular complexity index is 874. The summed E-state index contributed by atoms with van der Waals surface area (Å²) in [5.74, 6) is 1.69. The molecule has 0 saturated carbocycles. The molecule has 0 aliphatic heterocycles. The molecule has 22 heavy (non-hydrogen) atoms. The molecule has 0 spiro atoms. The number of nitrogens with zero attached hydrogens (tertiary/aromatic N) is 5. The molecular weight excluding hydrogens is 314 g/mol. The van der Waals surface area contributed by atoms with Crippen molar-refractivity contribution < 1.29 is 0 Å². The Morgan fingerprint density at radius 2 is 2.14 bits per heavy atom. The van der Waals surface area contributed by atoms with Crippen molar-refractivity contribution in [2.75, 3.05) is 0 Å². The number of fused-ring (bicyclic) bond motifs is 1. The number of hydrogen-bond donors (Lipinski definition) is 0. The van der Waals surface area contributed by atoms with Gasteiger partial charge in [-0.15, -0.1) is 21.5 Å². The topological polar surface area (TPSA) is 48.0 Å². The van der Waals surface area contributed by atoms with Crippen molar-refractivity contribution in [2.24, 2.45) is 7.05 Å². The Labute approximate surface area is 135 Å². The van der Waals surface area contributed by atoms with E-state index in [1.165, 1.54) is 0 Å². The van der Waals surface area contributed by atoms with Crippen molar-refractivity contribution in [3.8, 4) is 10.7 Å². The van der Waals surface area contributed by atoms with E-state index in [9.17, 15) is 0 Å². The van der Waals surface area contributed by atoms with Gasteiger partial charge in [-0.05, 0) is 23.6 Å². The molecule has 0 atom stereocenters. The highest BCUT2D eigenvalue weighted by Gasteiger charge is 2.12. The van der Waals surface area contributed by atoms with Gasteiger partial charge in [0.25, 0.3) is 0 Å². The lowest BCUT2D eigenvalue weighted by atomic mass is 10.4. The highest BCUT2D eigenvalue weighted by Crippen LogP contribution is 2.27. The van der Waals surface area contributed by atoms with Crippen LogP contribution >= 0.6 is 23.1 Å². The molecule has 0 fully saturated rings. The van der Waals surface area contributed by atoms with Crippen LogP contribution in [0.1, 0.15) is 5.69 Å². The van der Waals surface area contributed by atoms with Crippen LogP contribution < -0.4 is 0 Å². The van der Waals surface area contributed by atoms with Gasteiger partial charge in [-0.25, -0.2) is 4.98 Å². The number of imidazole rings is 1. The van der Waals surface area contributed by atoms with E-state index in [4.69, 9.17) is 0 Å². The average Bonchev–Trinajstić information content (AvgIpc) is 3.24. The van der Waals surface area contributed by atoms with Crippen LogP contribution in [0.15, 0.2) is 53.3 Å². The van der Waals surface area contributed by atoms with Gasteiger partial charge in [-0.3, -0.25) is 0 Å². The number of rotatable bonds is 4. The molecular formula is C15H13N5S2. The lowest BCUT2D eigenvalue weighted by Crippen LogP contribution is -1.93. The molecule has 0 saturated heterocycles. The summed E-state index contributed by atoms with van der Waals surface area (Å²) in [6.45, 7) is 0. The highest BCUT2D eigenvalue weighted by molar-refractivity contribution is 7.98. The van der Waals surface area contributed by atoms with Gasteiger partial charge in [0.1, 0.15) is 5.65 Å². The van der Waals surface area contributed by atoms with E-state index >= 15 is 0 Å². The van der Waals surface area contributed by atoms with E-state index in [0.717, 1.165) is 33.0 Å². The molecule has 7 heteroatoms. The van der Waals surface area contributed by atoms with Gasteiger partial charge in [0.05, 0.1) is 10.6 Å². The minimum Gasteiger partial charge on any atom is -0.307 e. The van der Waals surface area contributed by atoms with Crippen LogP contribution in [0.2, 0.25) is 0 Å². The van der Waals surface area contributed by atoms with Gasteiger partial charge in [0.2, 0.25) is 0 Å². The molecule has 4 aromatic rings. The zero-order chi connectivity index (χ0) is 14.9. The SMILES string of the molecule is Cn1c(SCc2cn3ccccc3n2)nnc1-c1cccs1. The molecule has 4 rings (SSSR count). The third-order valence-electron chi connectivity index (χ3n) is 3.34. The van der Waals surface area contributed by atoms with Gasteiger partial charge in [-0.1, -0.05) is 23.9 Å². The minimum atomic E-state index is 0.776. The summed E-state index contributed by atoms with van der Waals surface area (Å²) in [5.41, 5.74) is 2.01. The third-order valence-corrected chi connectivity index (χ3v) is 5.26. The maximum atomic E-state index is 4.60. The van der Waals surface area contributed by atoms with E-state index < -0.39 is 0 Å². The number of thiophene rings is 1. The number of hydrogen-bond acceptors (Lipinski definition) is 5. The van der Waals surface area contributed by atoms with Gasteiger partial charge in [-0.2, -0.15) is 0 Å². The predicted octanol–water partition coefficient (Wildman–Crippen LogP) is 3.48. The zero-order valence-electron chi connectivity index (χ0n) is 11.9. The van der Waals surface area contributed by atoms with E-state index in [0.29, 0.717) is 0 Å². The molecule has 4 heterocycles. The normalized spacial score (nSPS) is 11.3. The van der Waals surface area contributed by atoms with Crippen LogP contribution in [0.3, 0.4) is 0 Å². The van der Waals surface area contributed by atoms with Crippen LogP contribution in [-0.4, -0.2) is 24.1 Å². The lowest BCUT2D eigenvalue weighted by molar-refractivity contribution is 0.794. The second kappa shape index (κ2) is 5.58. The molecule has 0 amide bonds. The quantitative estimate of drug-likeness (QED) is 0.538. The number of thioether (sulfide) groups is 1. The van der Waals surface area contributed by atoms with E-state index in [1.54, 1.807) is 23.1 Å². The molecule has 0 unspecified atom stereocenters. The predicted molar refractivity (Wildman–Crippen MR) is 89.1 cm³/mol. The maximum Gasteiger partial charge on any atom is 0.191 e. The van der Waals surface area contributed by atoms with E-state index in [-0.39, 0.29) is 0 Å². The summed E-state index contributed by atoms with van der Waals surface area (Å²) in [4.78, 5) is 5.73. The Morgan fingerprint density at radius 3 is 2.95 bits per heavy atom. The third kappa shape index (κ3) is 2.42. The van der Waals surface area contributed by atoms with Crippen molar-refractivity contribution in [1.29, 1.82) is 0 Å². The summed E-state index contributed by atoms with van der Waals surface area (Å²) in [6.07, 6.45) is 4.06. The van der Waals surface area contributed by atoms with E-state index in [1.807, 2.05) is 51.9 Å². The number of pyridine rings is 1. The second-order valence-electron chi connectivity index (χ2n) is 4.83. The molecule has 0 bridgehead atoms. The van der Waals surface area contributed by atoms with Gasteiger partial charge < -0.3 is 8.97 Å². The molecule has 0 aliphatic rings. The molecule has 4 aromatic heterocycles. The molecule has 5 nitrogen and oxygen atoms in total. The fraction of sp³-hybridized carbons (Fsp3) is 0.133. The van der Waals surface area contributed by atoms with Gasteiger partial charge >= 0.3 is 0 Å². The van der Waals surface area contributed by atoms with Gasteiger partial charge in [0, 0.05) is 25.2 Å². The Hall–Kier alpha value is -2.12. The minimum absolute atomic E-state index is 0.776. The summed E-state index contributed by atoms with van der Waals surface area (Å²) >= 11 is 3.32. The average molecular weight is 327 g/mol. The molecule has 0 N–H and O–H groups in total. The Kier molecular flexibility index (Phi) is 3.44. The first-order chi connectivity index (χ1) is 10.8. The first kappa shape index (κ1) is 13.5. The lowest BCUT2D eigenvalue weighted by Gasteiger charge is -2.00. The Morgan fingerprint density at radius 1 is 1.18 bits per heavy atom. The van der Waals surface area contributed by atoms with Crippen molar-refractivity contribution in [1.82, 2.24) is 24.1 Å². The van der Waals surface area contributed by atoms with Crippen molar-refractivity contribution in [3.63, 3.8) is 0 Å². The van der Waals surface area contributed by atoms with Crippen molar-refractivity contribution in [2.45, 2.75) is 10.9 Å². The monoisotopic (exact) mass is 327 g/mol. The summed E-state index contributed by atoms with van der Waals surface area (Å²) < 4.78 is 4.07. The highest BCUT2D eigenvalue weighted by atomic mass is 32.2. The molecule has 0 aliphatic carbocycles. The molecule has 0 radical (unpaired) electrons. The smallest absolute Gasteiger partial charge is 0.191 e. The first-order valence-electron chi connectivity index (χ1n) is 6.80. The summed E-state index contributed by atoms with van der Waals surface area (Å²) in [5, 5.41) is 11.5. The zero-order valence-corrected chi connectivity index (χ0v) is 13.5. The number of aromatic nitrogens is 5. The van der Waals surface area contributed by atoms with Crippen LogP contribution in [0.5, 0.6) is 0 Å². The van der Waals surface area contributed by atoms with E-state index in [2.05, 4.69) is 27.4 Å². The second-order valence-corrected chi connectivity index (χ2v) is 6.72. The molecule has 110 valence electrons. The van der Waals surface area contributed by atoms with Crippen LogP contribution in [0.25, 0.3) is 16.3 Å². The Balaban J connectivity index is 1.54. The maximum absolute atomic E-state index is 4.60. The van der Waals surface area contributed by atoms with Crippen molar-refractivity contribution >= 4 is 28.7 Å². The van der Waals surface area contributed by atoms with Gasteiger partial charge in [0.15, 0.2) is 11.0 Å². The largest absolute Gasteiger partial charge is 0.307 e. The summed E-state index contributed by atoms with van der Waals surface area (Å²) in [7, 11) is 2.00. The van der Waals surface area contributed by atoms with Crippen molar-refractivity contribution in [3.05, 3.63) is 53.8 Å². The summed E-state index contributed by atoms with van der Waals surface area (Å²) in [6, 6.07) is 10.1. The van der Waals surface area contributed by atoms with Crippen LogP contribution in [0, 0.1) is 0 Å². The van der Waals surface area contributed by atoms with Crippen LogP contribution in [0.4, 0.5) is 0 Å². The fourth-order valence-electron chi connectivity index (χ4n) is 2.26. The fourth-order valence-corrected chi connectivity index (χ4v) is 3.79.